The van der Waals surface area contributed by atoms with Crippen LogP contribution in [0.2, 0.25) is 0 Å². The maximum Gasteiger partial charge on any atom is 0.129 e. The Kier molecular flexibility index (Phi) is 4.72. The third-order valence-electron chi connectivity index (χ3n) is 3.63. The first kappa shape index (κ1) is 13.5. The minimum absolute atomic E-state index is 0.328. The molecule has 0 aliphatic heterocycles. The molecule has 0 aromatic heterocycles. The smallest absolute Gasteiger partial charge is 0.129 e. The molecule has 0 spiro atoms. The summed E-state index contributed by atoms with van der Waals surface area (Å²) < 4.78 is 13.5. The van der Waals surface area contributed by atoms with Gasteiger partial charge < -0.3 is 10.4 Å². The van der Waals surface area contributed by atoms with Crippen molar-refractivity contribution >= 4 is 0 Å². The number of aliphatic hydroxyl groups is 1. The summed E-state index contributed by atoms with van der Waals surface area (Å²) in [5.74, 6) is 0.433. The molecule has 0 saturated heterocycles. The predicted octanol–water partition coefficient (Wildman–Crippen LogP) is 3.03. The number of hydrogen-bond acceptors (Lipinski definition) is 2. The lowest BCUT2D eigenvalue weighted by Crippen LogP contribution is -2.34. The summed E-state index contributed by atoms with van der Waals surface area (Å²) in [4.78, 5) is 0. The molecule has 2 atom stereocenters. The second-order valence-corrected chi connectivity index (χ2v) is 5.18. The van der Waals surface area contributed by atoms with Gasteiger partial charge in [-0.2, -0.15) is 0 Å². The van der Waals surface area contributed by atoms with Gasteiger partial charge >= 0.3 is 0 Å². The predicted molar refractivity (Wildman–Crippen MR) is 70.8 cm³/mol. The van der Waals surface area contributed by atoms with Gasteiger partial charge in [0.1, 0.15) is 5.82 Å². The van der Waals surface area contributed by atoms with Gasteiger partial charge in [-0.05, 0) is 31.2 Å². The van der Waals surface area contributed by atoms with Crippen LogP contribution in [-0.4, -0.2) is 17.7 Å². The molecule has 2 nitrogen and oxygen atoms in total. The largest absolute Gasteiger partial charge is 0.387 e. The Morgan fingerprint density at radius 3 is 2.72 bits per heavy atom. The third-order valence-corrected chi connectivity index (χ3v) is 3.63. The van der Waals surface area contributed by atoms with Gasteiger partial charge in [0.15, 0.2) is 0 Å². The molecule has 0 radical (unpaired) electrons. The SMILES string of the molecule is CCCC(NCC(O)c1ccccc1F)C1CC1. The second kappa shape index (κ2) is 6.30. The van der Waals surface area contributed by atoms with Crippen LogP contribution < -0.4 is 5.32 Å². The molecule has 1 aliphatic rings. The van der Waals surface area contributed by atoms with Gasteiger partial charge in [-0.3, -0.25) is 0 Å². The fourth-order valence-electron chi connectivity index (χ4n) is 2.43. The van der Waals surface area contributed by atoms with Crippen LogP contribution in [0.25, 0.3) is 0 Å². The number of aliphatic hydroxyl groups excluding tert-OH is 1. The van der Waals surface area contributed by atoms with Crippen molar-refractivity contribution in [3.05, 3.63) is 35.6 Å². The first-order chi connectivity index (χ1) is 8.72. The third kappa shape index (κ3) is 3.53. The summed E-state index contributed by atoms with van der Waals surface area (Å²) in [6.45, 7) is 2.60. The Morgan fingerprint density at radius 1 is 1.39 bits per heavy atom. The molecule has 3 heteroatoms. The van der Waals surface area contributed by atoms with Crippen molar-refractivity contribution in [3.63, 3.8) is 0 Å². The molecule has 2 rings (SSSR count). The van der Waals surface area contributed by atoms with Crippen LogP contribution in [0.1, 0.15) is 44.3 Å². The van der Waals surface area contributed by atoms with Gasteiger partial charge in [0.05, 0.1) is 6.10 Å². The van der Waals surface area contributed by atoms with Crippen molar-refractivity contribution < 1.29 is 9.50 Å². The Bertz CT molecular complexity index is 379. The highest BCUT2D eigenvalue weighted by Gasteiger charge is 2.30. The first-order valence-electron chi connectivity index (χ1n) is 6.88. The highest BCUT2D eigenvalue weighted by Crippen LogP contribution is 2.34. The molecular weight excluding hydrogens is 229 g/mol. The number of rotatable bonds is 7. The van der Waals surface area contributed by atoms with E-state index >= 15 is 0 Å². The molecular formula is C15H22FNO. The van der Waals surface area contributed by atoms with Crippen molar-refractivity contribution in [2.75, 3.05) is 6.54 Å². The van der Waals surface area contributed by atoms with E-state index in [0.717, 1.165) is 18.8 Å². The van der Waals surface area contributed by atoms with Gasteiger partial charge in [0.2, 0.25) is 0 Å². The van der Waals surface area contributed by atoms with E-state index < -0.39 is 6.10 Å². The quantitative estimate of drug-likeness (QED) is 0.780. The van der Waals surface area contributed by atoms with E-state index in [4.69, 9.17) is 0 Å². The first-order valence-corrected chi connectivity index (χ1v) is 6.88. The highest BCUT2D eigenvalue weighted by atomic mass is 19.1. The fraction of sp³-hybridized carbons (Fsp3) is 0.600. The maximum absolute atomic E-state index is 13.5. The molecule has 1 aromatic rings. The van der Waals surface area contributed by atoms with Crippen LogP contribution in [-0.2, 0) is 0 Å². The van der Waals surface area contributed by atoms with E-state index in [9.17, 15) is 9.50 Å². The van der Waals surface area contributed by atoms with Gasteiger partial charge in [-0.1, -0.05) is 31.5 Å². The van der Waals surface area contributed by atoms with Crippen molar-refractivity contribution in [2.24, 2.45) is 5.92 Å². The van der Waals surface area contributed by atoms with E-state index in [-0.39, 0.29) is 5.82 Å². The van der Waals surface area contributed by atoms with E-state index in [2.05, 4.69) is 12.2 Å². The zero-order valence-corrected chi connectivity index (χ0v) is 10.9. The lowest BCUT2D eigenvalue weighted by atomic mass is 10.1. The van der Waals surface area contributed by atoms with Crippen molar-refractivity contribution in [1.82, 2.24) is 5.32 Å². The van der Waals surface area contributed by atoms with Crippen LogP contribution >= 0.6 is 0 Å². The minimum atomic E-state index is -0.760. The zero-order valence-electron chi connectivity index (χ0n) is 10.9. The summed E-state index contributed by atoms with van der Waals surface area (Å²) in [6, 6.07) is 6.92. The molecule has 1 fully saturated rings. The topological polar surface area (TPSA) is 32.3 Å². The molecule has 1 aliphatic carbocycles. The molecule has 100 valence electrons. The molecule has 2 N–H and O–H groups in total. The van der Waals surface area contributed by atoms with Gasteiger partial charge in [0.25, 0.3) is 0 Å². The Labute approximate surface area is 108 Å². The normalized spacial score (nSPS) is 18.6. The van der Waals surface area contributed by atoms with E-state index in [1.165, 1.54) is 18.9 Å². The molecule has 1 saturated carbocycles. The molecule has 0 amide bonds. The number of halogens is 1. The van der Waals surface area contributed by atoms with Crippen LogP contribution in [0.5, 0.6) is 0 Å². The fourth-order valence-corrected chi connectivity index (χ4v) is 2.43. The summed E-state index contributed by atoms with van der Waals surface area (Å²) >= 11 is 0. The van der Waals surface area contributed by atoms with Crippen molar-refractivity contribution in [2.45, 2.75) is 44.8 Å². The molecule has 18 heavy (non-hydrogen) atoms. The monoisotopic (exact) mass is 251 g/mol. The average molecular weight is 251 g/mol. The van der Waals surface area contributed by atoms with E-state index in [0.29, 0.717) is 18.2 Å². The Balaban J connectivity index is 1.87. The standard InChI is InChI=1S/C15H22FNO/c1-2-5-14(11-8-9-11)17-10-15(18)12-6-3-4-7-13(12)16/h3-4,6-7,11,14-15,17-18H,2,5,8-10H2,1H3. The zero-order chi connectivity index (χ0) is 13.0. The van der Waals surface area contributed by atoms with Crippen LogP contribution in [0.3, 0.4) is 0 Å². The summed E-state index contributed by atoms with van der Waals surface area (Å²) in [7, 11) is 0. The highest BCUT2D eigenvalue weighted by molar-refractivity contribution is 5.20. The Morgan fingerprint density at radius 2 is 2.11 bits per heavy atom. The average Bonchev–Trinajstić information content (AvgIpc) is 3.19. The number of benzene rings is 1. The lowest BCUT2D eigenvalue weighted by molar-refractivity contribution is 0.162. The minimum Gasteiger partial charge on any atom is -0.387 e. The maximum atomic E-state index is 13.5. The van der Waals surface area contributed by atoms with Crippen LogP contribution in [0, 0.1) is 11.7 Å². The van der Waals surface area contributed by atoms with Gasteiger partial charge in [0, 0.05) is 18.2 Å². The summed E-state index contributed by atoms with van der Waals surface area (Å²) in [5.41, 5.74) is 0.385. The molecule has 2 unspecified atom stereocenters. The van der Waals surface area contributed by atoms with Gasteiger partial charge in [-0.25, -0.2) is 4.39 Å². The van der Waals surface area contributed by atoms with Gasteiger partial charge in [-0.15, -0.1) is 0 Å². The summed E-state index contributed by atoms with van der Waals surface area (Å²) in [5, 5.41) is 13.4. The molecule has 0 heterocycles. The van der Waals surface area contributed by atoms with Crippen LogP contribution in [0.4, 0.5) is 4.39 Å². The second-order valence-electron chi connectivity index (χ2n) is 5.18. The number of nitrogens with one attached hydrogen (secondary N) is 1. The molecule has 1 aromatic carbocycles. The lowest BCUT2D eigenvalue weighted by Gasteiger charge is -2.20. The Hall–Kier alpha value is -0.930. The molecule has 0 bridgehead atoms. The van der Waals surface area contributed by atoms with Crippen molar-refractivity contribution in [3.8, 4) is 0 Å². The number of hydrogen-bond donors (Lipinski definition) is 2. The van der Waals surface area contributed by atoms with E-state index in [1.54, 1.807) is 18.2 Å². The van der Waals surface area contributed by atoms with Crippen molar-refractivity contribution in [1.29, 1.82) is 0 Å². The van der Waals surface area contributed by atoms with E-state index in [1.807, 2.05) is 0 Å². The van der Waals surface area contributed by atoms with Crippen LogP contribution in [0.15, 0.2) is 24.3 Å². The summed E-state index contributed by atoms with van der Waals surface area (Å²) in [6.07, 6.45) is 4.09.